The predicted molar refractivity (Wildman–Crippen MR) is 104 cm³/mol. The van der Waals surface area contributed by atoms with E-state index in [1.807, 2.05) is 0 Å². The minimum Gasteiger partial charge on any atom is -0.872 e. The van der Waals surface area contributed by atoms with Crippen LogP contribution in [-0.4, -0.2) is 37.6 Å². The Bertz CT molecular complexity index is 1200. The van der Waals surface area contributed by atoms with Crippen molar-refractivity contribution >= 4 is 5.97 Å². The van der Waals surface area contributed by atoms with E-state index >= 15 is 0 Å². The first-order chi connectivity index (χ1) is 15.1. The smallest absolute Gasteiger partial charge is 0.338 e. The van der Waals surface area contributed by atoms with Gasteiger partial charge in [-0.25, -0.2) is 4.79 Å². The SMILES string of the molecule is [O]c1c(O)cc(C(=O)O[C@@H]2Cc3c([O-])cc(O)cc3O[C@@H]2c2ccc(O)c(O)c2)cc1O. The molecule has 1 heterocycles. The molecule has 165 valence electrons. The Labute approximate surface area is 180 Å². The van der Waals surface area contributed by atoms with Gasteiger partial charge in [-0.15, -0.1) is 0 Å². The molecule has 1 aliphatic heterocycles. The van der Waals surface area contributed by atoms with Crippen molar-refractivity contribution in [3.05, 3.63) is 59.2 Å². The van der Waals surface area contributed by atoms with E-state index in [0.717, 1.165) is 18.2 Å². The summed E-state index contributed by atoms with van der Waals surface area (Å²) in [4.78, 5) is 12.7. The molecule has 4 rings (SSSR count). The van der Waals surface area contributed by atoms with Crippen LogP contribution in [0.4, 0.5) is 0 Å². The number of phenolic OH excluding ortho intramolecular Hbond substituents is 5. The van der Waals surface area contributed by atoms with Crippen molar-refractivity contribution in [2.75, 3.05) is 0 Å². The van der Waals surface area contributed by atoms with Crippen LogP contribution in [0.1, 0.15) is 27.6 Å². The summed E-state index contributed by atoms with van der Waals surface area (Å²) in [6.07, 6.45) is -2.29. The lowest BCUT2D eigenvalue weighted by molar-refractivity contribution is -0.270. The van der Waals surface area contributed by atoms with E-state index in [1.54, 1.807) is 0 Å². The van der Waals surface area contributed by atoms with E-state index < -0.39 is 46.9 Å². The molecule has 0 aliphatic carbocycles. The highest BCUT2D eigenvalue weighted by Crippen LogP contribution is 2.43. The van der Waals surface area contributed by atoms with Crippen LogP contribution in [0.2, 0.25) is 0 Å². The maximum atomic E-state index is 12.7. The Morgan fingerprint density at radius 1 is 0.938 bits per heavy atom. The Morgan fingerprint density at radius 2 is 1.62 bits per heavy atom. The van der Waals surface area contributed by atoms with Gasteiger partial charge < -0.3 is 40.1 Å². The first-order valence-corrected chi connectivity index (χ1v) is 9.29. The fraction of sp³-hybridized carbons (Fsp3) is 0.136. The van der Waals surface area contributed by atoms with Crippen LogP contribution in [0, 0.1) is 0 Å². The summed E-state index contributed by atoms with van der Waals surface area (Å²) < 4.78 is 11.3. The van der Waals surface area contributed by atoms with Gasteiger partial charge >= 0.3 is 5.97 Å². The molecule has 2 atom stereocenters. The molecule has 5 N–H and O–H groups in total. The molecule has 0 saturated heterocycles. The standard InChI is InChI=1S/C22H17O10/c23-11-6-14(25)12-8-19(32-22(30)10-4-16(27)20(29)17(28)5-10)21(31-18(12)7-11)9-1-2-13(24)15(26)3-9/h1-7,19,21,23-28H,8H2/p-1/t19-,21-/m1/s1. The van der Waals surface area contributed by atoms with Crippen molar-refractivity contribution in [2.24, 2.45) is 0 Å². The molecule has 0 aromatic heterocycles. The average Bonchev–Trinajstić information content (AvgIpc) is 2.73. The molecule has 10 heteroatoms. The zero-order valence-corrected chi connectivity index (χ0v) is 16.2. The second-order valence-electron chi connectivity index (χ2n) is 7.20. The topological polar surface area (TPSA) is 180 Å². The number of carbonyl (C=O) groups is 1. The van der Waals surface area contributed by atoms with Crippen molar-refractivity contribution in [2.45, 2.75) is 18.6 Å². The molecule has 0 spiro atoms. The number of benzene rings is 3. The van der Waals surface area contributed by atoms with Crippen molar-refractivity contribution in [1.29, 1.82) is 0 Å². The van der Waals surface area contributed by atoms with Gasteiger partial charge in [0.2, 0.25) is 0 Å². The summed E-state index contributed by atoms with van der Waals surface area (Å²) in [7, 11) is 0. The van der Waals surface area contributed by atoms with Crippen LogP contribution in [0.5, 0.6) is 46.0 Å². The van der Waals surface area contributed by atoms with Crippen molar-refractivity contribution in [3.63, 3.8) is 0 Å². The number of rotatable bonds is 3. The first-order valence-electron chi connectivity index (χ1n) is 9.29. The number of carbonyl (C=O) groups excluding carboxylic acids is 1. The van der Waals surface area contributed by atoms with Crippen molar-refractivity contribution < 1.29 is 50.0 Å². The summed E-state index contributed by atoms with van der Waals surface area (Å²) in [5, 5.41) is 72.1. The fourth-order valence-corrected chi connectivity index (χ4v) is 3.46. The molecule has 0 unspecified atom stereocenters. The van der Waals surface area contributed by atoms with Gasteiger partial charge in [-0.05, 0) is 35.9 Å². The summed E-state index contributed by atoms with van der Waals surface area (Å²) in [6, 6.07) is 7.68. The zero-order valence-electron chi connectivity index (χ0n) is 16.2. The number of phenols is 5. The Hall–Kier alpha value is -4.47. The Morgan fingerprint density at radius 3 is 2.28 bits per heavy atom. The van der Waals surface area contributed by atoms with Gasteiger partial charge in [0.25, 0.3) is 5.75 Å². The summed E-state index contributed by atoms with van der Waals surface area (Å²) in [5.41, 5.74) is 0.117. The predicted octanol–water partition coefficient (Wildman–Crippen LogP) is 2.33. The Kier molecular flexibility index (Phi) is 4.97. The third kappa shape index (κ3) is 3.69. The molecule has 3 aromatic carbocycles. The quantitative estimate of drug-likeness (QED) is 0.302. The van der Waals surface area contributed by atoms with Crippen LogP contribution in [0.3, 0.4) is 0 Å². The van der Waals surface area contributed by atoms with Crippen molar-refractivity contribution in [3.8, 4) is 46.0 Å². The number of fused-ring (bicyclic) bond motifs is 1. The third-order valence-corrected chi connectivity index (χ3v) is 5.02. The number of ether oxygens (including phenoxy) is 2. The third-order valence-electron chi connectivity index (χ3n) is 5.02. The number of esters is 1. The van der Waals surface area contributed by atoms with Crippen LogP contribution < -0.4 is 9.84 Å². The number of aromatic hydroxyl groups is 5. The molecule has 0 saturated carbocycles. The molecular formula is C22H16O10-. The van der Waals surface area contributed by atoms with E-state index in [9.17, 15) is 40.5 Å². The highest BCUT2D eigenvalue weighted by molar-refractivity contribution is 5.91. The first kappa shape index (κ1) is 20.8. The lowest BCUT2D eigenvalue weighted by Gasteiger charge is -2.35. The molecular weight excluding hydrogens is 424 g/mol. The van der Waals surface area contributed by atoms with Crippen LogP contribution >= 0.6 is 0 Å². The number of hydrogen-bond acceptors (Lipinski definition) is 9. The molecule has 0 fully saturated rings. The van der Waals surface area contributed by atoms with E-state index in [4.69, 9.17) is 9.47 Å². The molecule has 1 radical (unpaired) electrons. The molecule has 0 bridgehead atoms. The highest BCUT2D eigenvalue weighted by atomic mass is 16.6. The van der Waals surface area contributed by atoms with Gasteiger partial charge in [0.05, 0.1) is 5.56 Å². The minimum atomic E-state index is -1.12. The molecule has 3 aromatic rings. The average molecular weight is 440 g/mol. The van der Waals surface area contributed by atoms with E-state index in [1.165, 1.54) is 24.3 Å². The van der Waals surface area contributed by atoms with Gasteiger partial charge in [-0.2, -0.15) is 0 Å². The maximum absolute atomic E-state index is 12.7. The minimum absolute atomic E-state index is 0.0610. The second-order valence-corrected chi connectivity index (χ2v) is 7.20. The summed E-state index contributed by atoms with van der Waals surface area (Å²) in [5.74, 6) is -5.41. The lowest BCUT2D eigenvalue weighted by Crippen LogP contribution is -2.35. The zero-order chi connectivity index (χ0) is 23.2. The molecule has 0 amide bonds. The summed E-state index contributed by atoms with van der Waals surface area (Å²) in [6.45, 7) is 0. The summed E-state index contributed by atoms with van der Waals surface area (Å²) >= 11 is 0. The monoisotopic (exact) mass is 440 g/mol. The van der Waals surface area contributed by atoms with Gasteiger partial charge in [0.15, 0.2) is 29.1 Å². The largest absolute Gasteiger partial charge is 0.872 e. The van der Waals surface area contributed by atoms with E-state index in [2.05, 4.69) is 0 Å². The van der Waals surface area contributed by atoms with E-state index in [0.29, 0.717) is 5.56 Å². The number of hydrogen-bond donors (Lipinski definition) is 5. The van der Waals surface area contributed by atoms with Crippen molar-refractivity contribution in [1.82, 2.24) is 0 Å². The second kappa shape index (κ2) is 7.65. The Balaban J connectivity index is 1.72. The van der Waals surface area contributed by atoms with Gasteiger partial charge in [-0.1, -0.05) is 11.8 Å². The highest BCUT2D eigenvalue weighted by Gasteiger charge is 2.36. The van der Waals surface area contributed by atoms with Gasteiger partial charge in [0.1, 0.15) is 17.6 Å². The fourth-order valence-electron chi connectivity index (χ4n) is 3.46. The van der Waals surface area contributed by atoms with E-state index in [-0.39, 0.29) is 34.8 Å². The van der Waals surface area contributed by atoms with Crippen LogP contribution in [0.25, 0.3) is 0 Å². The molecule has 32 heavy (non-hydrogen) atoms. The molecule has 1 aliphatic rings. The maximum Gasteiger partial charge on any atom is 0.338 e. The molecule has 10 nitrogen and oxygen atoms in total. The van der Waals surface area contributed by atoms with Crippen LogP contribution in [0.15, 0.2) is 42.5 Å². The normalized spacial score (nSPS) is 17.2. The van der Waals surface area contributed by atoms with Gasteiger partial charge in [-0.3, -0.25) is 5.11 Å². The van der Waals surface area contributed by atoms with Crippen LogP contribution in [-0.2, 0) is 16.3 Å². The van der Waals surface area contributed by atoms with Gasteiger partial charge in [0, 0.05) is 18.1 Å². The lowest BCUT2D eigenvalue weighted by atomic mass is 9.93.